The van der Waals surface area contributed by atoms with Crippen LogP contribution in [-0.4, -0.2) is 52.0 Å². The van der Waals surface area contributed by atoms with Gasteiger partial charge < -0.3 is 9.32 Å². The largest absolute Gasteiger partial charge is 0.457 e. The van der Waals surface area contributed by atoms with Gasteiger partial charge in [-0.05, 0) is 29.5 Å². The van der Waals surface area contributed by atoms with E-state index >= 15 is 0 Å². The van der Waals surface area contributed by atoms with Crippen molar-refractivity contribution in [2.45, 2.75) is 6.54 Å². The van der Waals surface area contributed by atoms with Gasteiger partial charge in [0.25, 0.3) is 11.6 Å². The van der Waals surface area contributed by atoms with E-state index in [0.29, 0.717) is 22.0 Å². The molecule has 0 spiro atoms. The second-order valence-electron chi connectivity index (χ2n) is 8.07. The number of carbonyl (C=O) groups is 1. The third-order valence-corrected chi connectivity index (χ3v) is 6.79. The van der Waals surface area contributed by atoms with Crippen LogP contribution in [0.1, 0.15) is 11.3 Å². The third-order valence-electron chi connectivity index (χ3n) is 5.74. The molecular formula is C25H22N4O4S. The number of aliphatic imine (C=N–C) groups is 1. The van der Waals surface area contributed by atoms with Gasteiger partial charge in [-0.1, -0.05) is 42.5 Å². The fourth-order valence-electron chi connectivity index (χ4n) is 3.96. The van der Waals surface area contributed by atoms with E-state index in [9.17, 15) is 14.9 Å². The van der Waals surface area contributed by atoms with Crippen LogP contribution >= 0.6 is 11.8 Å². The molecule has 1 fully saturated rings. The summed E-state index contributed by atoms with van der Waals surface area (Å²) < 4.78 is 5.83. The van der Waals surface area contributed by atoms with Gasteiger partial charge in [-0.2, -0.15) is 4.99 Å². The van der Waals surface area contributed by atoms with Crippen molar-refractivity contribution in [1.29, 1.82) is 0 Å². The zero-order valence-corrected chi connectivity index (χ0v) is 19.1. The highest BCUT2D eigenvalue weighted by Gasteiger charge is 2.28. The zero-order chi connectivity index (χ0) is 23.5. The Labute approximate surface area is 200 Å². The van der Waals surface area contributed by atoms with Crippen molar-refractivity contribution >= 4 is 34.6 Å². The number of amides is 1. The van der Waals surface area contributed by atoms with Crippen molar-refractivity contribution < 1.29 is 14.1 Å². The molecule has 3 aromatic rings. The molecule has 0 aliphatic carbocycles. The number of hydrogen-bond donors (Lipinski definition) is 0. The molecule has 0 bridgehead atoms. The second-order valence-corrected chi connectivity index (χ2v) is 9.08. The lowest BCUT2D eigenvalue weighted by Crippen LogP contribution is -2.47. The molecule has 0 radical (unpaired) electrons. The van der Waals surface area contributed by atoms with Crippen LogP contribution < -0.4 is 0 Å². The molecule has 0 atom stereocenters. The van der Waals surface area contributed by atoms with Crippen LogP contribution in [0.3, 0.4) is 0 Å². The number of thioether (sulfide) groups is 1. The number of non-ortho nitro benzene ring substituents is 1. The second kappa shape index (κ2) is 9.66. The van der Waals surface area contributed by atoms with Crippen molar-refractivity contribution in [2.75, 3.05) is 26.2 Å². The Bertz CT molecular complexity index is 1280. The van der Waals surface area contributed by atoms with Gasteiger partial charge in [0.1, 0.15) is 11.5 Å². The minimum Gasteiger partial charge on any atom is -0.457 e. The standard InChI is InChI=1S/C25H22N4O4S/c30-24-23(16-21-9-10-22(33-21)19-7-4-8-20(15-19)29(31)32)34-25(26-24)28-13-11-27(12-14-28)17-18-5-2-1-3-6-18/h1-10,15-16H,11-14,17H2. The molecule has 2 aliphatic rings. The van der Waals surface area contributed by atoms with E-state index in [1.54, 1.807) is 30.3 Å². The maximum absolute atomic E-state index is 12.5. The van der Waals surface area contributed by atoms with Crippen LogP contribution in [0.5, 0.6) is 0 Å². The number of piperazine rings is 1. The Morgan fingerprint density at radius 1 is 1.03 bits per heavy atom. The molecule has 9 heteroatoms. The SMILES string of the molecule is O=C1N=C(N2CCN(Cc3ccccc3)CC2)SC1=Cc1ccc(-c2cccc([N+](=O)[O-])c2)o1. The predicted molar refractivity (Wildman–Crippen MR) is 132 cm³/mol. The number of nitrogens with zero attached hydrogens (tertiary/aromatic N) is 4. The van der Waals surface area contributed by atoms with Gasteiger partial charge in [0, 0.05) is 56.5 Å². The summed E-state index contributed by atoms with van der Waals surface area (Å²) in [5.74, 6) is 0.725. The van der Waals surface area contributed by atoms with Crippen LogP contribution in [0.4, 0.5) is 5.69 Å². The molecule has 1 aromatic heterocycles. The molecule has 3 heterocycles. The normalized spacial score (nSPS) is 17.9. The van der Waals surface area contributed by atoms with Gasteiger partial charge in [-0.25, -0.2) is 0 Å². The minimum absolute atomic E-state index is 0.00256. The maximum Gasteiger partial charge on any atom is 0.286 e. The number of nitro benzene ring substituents is 1. The summed E-state index contributed by atoms with van der Waals surface area (Å²) in [4.78, 5) is 32.4. The highest BCUT2D eigenvalue weighted by Crippen LogP contribution is 2.32. The molecule has 1 amide bonds. The fraction of sp³-hybridized carbons (Fsp3) is 0.200. The maximum atomic E-state index is 12.5. The van der Waals surface area contributed by atoms with Gasteiger partial charge in [0.15, 0.2) is 5.17 Å². The van der Waals surface area contributed by atoms with E-state index in [1.807, 2.05) is 6.07 Å². The third kappa shape index (κ3) is 4.95. The lowest BCUT2D eigenvalue weighted by atomic mass is 10.1. The predicted octanol–water partition coefficient (Wildman–Crippen LogP) is 4.64. The van der Waals surface area contributed by atoms with Crippen LogP contribution in [0, 0.1) is 10.1 Å². The quantitative estimate of drug-likeness (QED) is 0.302. The van der Waals surface area contributed by atoms with Crippen LogP contribution in [0.15, 0.2) is 81.0 Å². The Morgan fingerprint density at radius 3 is 2.59 bits per heavy atom. The zero-order valence-electron chi connectivity index (χ0n) is 18.3. The summed E-state index contributed by atoms with van der Waals surface area (Å²) in [6.45, 7) is 4.37. The summed E-state index contributed by atoms with van der Waals surface area (Å²) in [6, 6.07) is 20.2. The van der Waals surface area contributed by atoms with Crippen molar-refractivity contribution in [2.24, 2.45) is 4.99 Å². The molecule has 172 valence electrons. The van der Waals surface area contributed by atoms with Gasteiger partial charge in [0.05, 0.1) is 9.83 Å². The summed E-state index contributed by atoms with van der Waals surface area (Å²) in [5.41, 5.74) is 1.90. The minimum atomic E-state index is -0.441. The van der Waals surface area contributed by atoms with Crippen molar-refractivity contribution in [3.05, 3.63) is 93.1 Å². The van der Waals surface area contributed by atoms with Crippen LogP contribution in [0.2, 0.25) is 0 Å². The molecular weight excluding hydrogens is 452 g/mol. The number of furan rings is 1. The highest BCUT2D eigenvalue weighted by molar-refractivity contribution is 8.18. The Hall–Kier alpha value is -3.69. The first kappa shape index (κ1) is 22.1. The first-order valence-corrected chi connectivity index (χ1v) is 11.8. The number of benzene rings is 2. The molecule has 2 aliphatic heterocycles. The Kier molecular flexibility index (Phi) is 6.29. The van der Waals surface area contributed by atoms with E-state index in [1.165, 1.54) is 29.5 Å². The monoisotopic (exact) mass is 474 g/mol. The molecule has 2 aromatic carbocycles. The van der Waals surface area contributed by atoms with E-state index in [2.05, 4.69) is 39.1 Å². The van der Waals surface area contributed by atoms with E-state index in [-0.39, 0.29) is 11.6 Å². The number of rotatable bonds is 5. The fourth-order valence-corrected chi connectivity index (χ4v) is 4.90. The Morgan fingerprint density at radius 2 is 1.82 bits per heavy atom. The summed E-state index contributed by atoms with van der Waals surface area (Å²) in [7, 11) is 0. The van der Waals surface area contributed by atoms with E-state index in [0.717, 1.165) is 37.9 Å². The average molecular weight is 475 g/mol. The highest BCUT2D eigenvalue weighted by atomic mass is 32.2. The first-order chi connectivity index (χ1) is 16.5. The first-order valence-electron chi connectivity index (χ1n) is 10.9. The van der Waals surface area contributed by atoms with Gasteiger partial charge in [0.2, 0.25) is 0 Å². The lowest BCUT2D eigenvalue weighted by Gasteiger charge is -2.35. The van der Waals surface area contributed by atoms with Gasteiger partial charge >= 0.3 is 0 Å². The van der Waals surface area contributed by atoms with E-state index in [4.69, 9.17) is 4.42 Å². The smallest absolute Gasteiger partial charge is 0.286 e. The van der Waals surface area contributed by atoms with Crippen molar-refractivity contribution in [3.63, 3.8) is 0 Å². The number of hydrogen-bond acceptors (Lipinski definition) is 7. The molecule has 1 saturated heterocycles. The summed E-state index contributed by atoms with van der Waals surface area (Å²) in [5, 5.41) is 11.7. The van der Waals surface area contributed by atoms with Crippen LogP contribution in [-0.2, 0) is 11.3 Å². The van der Waals surface area contributed by atoms with Crippen molar-refractivity contribution in [3.8, 4) is 11.3 Å². The van der Waals surface area contributed by atoms with Gasteiger partial charge in [-0.3, -0.25) is 19.8 Å². The van der Waals surface area contributed by atoms with E-state index < -0.39 is 4.92 Å². The molecule has 0 N–H and O–H groups in total. The summed E-state index contributed by atoms with van der Waals surface area (Å²) in [6.07, 6.45) is 1.68. The summed E-state index contributed by atoms with van der Waals surface area (Å²) >= 11 is 1.36. The van der Waals surface area contributed by atoms with Gasteiger partial charge in [-0.15, -0.1) is 0 Å². The topological polar surface area (TPSA) is 92.2 Å². The molecule has 5 rings (SSSR count). The van der Waals surface area contributed by atoms with Crippen LogP contribution in [0.25, 0.3) is 17.4 Å². The number of carbonyl (C=O) groups excluding carboxylic acids is 1. The molecule has 0 unspecified atom stereocenters. The Balaban J connectivity index is 1.21. The molecule has 0 saturated carbocycles. The lowest BCUT2D eigenvalue weighted by molar-refractivity contribution is -0.384. The number of amidine groups is 1. The van der Waals surface area contributed by atoms with Crippen molar-refractivity contribution in [1.82, 2.24) is 9.80 Å². The molecule has 8 nitrogen and oxygen atoms in total. The molecule has 34 heavy (non-hydrogen) atoms. The number of nitro groups is 1. The average Bonchev–Trinajstić information content (AvgIpc) is 3.47.